The van der Waals surface area contributed by atoms with Crippen molar-refractivity contribution >= 4 is 28.2 Å². The van der Waals surface area contributed by atoms with E-state index in [0.717, 1.165) is 28.1 Å². The number of benzene rings is 1. The van der Waals surface area contributed by atoms with Crippen molar-refractivity contribution in [2.24, 2.45) is 0 Å². The quantitative estimate of drug-likeness (QED) is 0.657. The van der Waals surface area contributed by atoms with Crippen LogP contribution in [0.25, 0.3) is 10.8 Å². The lowest BCUT2D eigenvalue weighted by Crippen LogP contribution is -2.15. The Morgan fingerprint density at radius 2 is 2.00 bits per heavy atom. The minimum absolute atomic E-state index is 0.510. The van der Waals surface area contributed by atoms with Crippen LogP contribution < -0.4 is 14.8 Å². The van der Waals surface area contributed by atoms with E-state index in [1.807, 2.05) is 18.2 Å². The molecular formula is C15H17ClN2O3. The first-order valence-electron chi connectivity index (χ1n) is 6.94. The normalized spacial score (nSPS) is 13.4. The second-order valence-electron chi connectivity index (χ2n) is 4.60. The number of aromatic nitrogens is 1. The van der Waals surface area contributed by atoms with Gasteiger partial charge in [0.1, 0.15) is 19.0 Å². The van der Waals surface area contributed by atoms with Gasteiger partial charge in [0, 0.05) is 24.0 Å². The summed E-state index contributed by atoms with van der Waals surface area (Å²) in [4.78, 5) is 4.38. The van der Waals surface area contributed by atoms with Crippen LogP contribution in [0.5, 0.6) is 11.5 Å². The first kappa shape index (κ1) is 14.2. The molecule has 0 atom stereocenters. The third-order valence-corrected chi connectivity index (χ3v) is 3.34. The Hall–Kier alpha value is -1.72. The number of fused-ring (bicyclic) bond motifs is 2. The molecular weight excluding hydrogens is 292 g/mol. The summed E-state index contributed by atoms with van der Waals surface area (Å²) in [5, 5.41) is 5.36. The molecule has 0 unspecified atom stereocenters. The molecule has 1 N–H and O–H groups in total. The fraction of sp³-hybridized carbons (Fsp3) is 0.400. The SMILES string of the molecule is ClCCOCCNc1nccc2cc3c(cc12)OCCO3. The minimum Gasteiger partial charge on any atom is -0.486 e. The molecule has 0 fully saturated rings. The Morgan fingerprint density at radius 3 is 2.81 bits per heavy atom. The molecule has 0 radical (unpaired) electrons. The molecule has 0 saturated carbocycles. The van der Waals surface area contributed by atoms with E-state index in [-0.39, 0.29) is 0 Å². The predicted octanol–water partition coefficient (Wildman–Crippen LogP) is 2.67. The number of nitrogens with one attached hydrogen (secondary N) is 1. The number of anilines is 1. The molecule has 0 bridgehead atoms. The molecule has 6 heteroatoms. The number of rotatable bonds is 6. The highest BCUT2D eigenvalue weighted by molar-refractivity contribution is 6.17. The first-order valence-corrected chi connectivity index (χ1v) is 7.48. The lowest BCUT2D eigenvalue weighted by molar-refractivity contribution is 0.160. The zero-order chi connectivity index (χ0) is 14.5. The van der Waals surface area contributed by atoms with Crippen LogP contribution in [-0.2, 0) is 4.74 Å². The molecule has 0 amide bonds. The molecule has 1 aliphatic heterocycles. The predicted molar refractivity (Wildman–Crippen MR) is 82.8 cm³/mol. The summed E-state index contributed by atoms with van der Waals surface area (Å²) in [6, 6.07) is 5.92. The molecule has 1 aromatic carbocycles. The van der Waals surface area contributed by atoms with Gasteiger partial charge in [-0.1, -0.05) is 0 Å². The molecule has 112 valence electrons. The zero-order valence-electron chi connectivity index (χ0n) is 11.6. The molecule has 0 aliphatic carbocycles. The van der Waals surface area contributed by atoms with Crippen LogP contribution in [0.2, 0.25) is 0 Å². The van der Waals surface area contributed by atoms with Gasteiger partial charge in [-0.25, -0.2) is 4.98 Å². The Bertz CT molecular complexity index is 621. The molecule has 5 nitrogen and oxygen atoms in total. The highest BCUT2D eigenvalue weighted by atomic mass is 35.5. The highest BCUT2D eigenvalue weighted by Gasteiger charge is 2.14. The number of halogens is 1. The molecule has 0 spiro atoms. The summed E-state index contributed by atoms with van der Waals surface area (Å²) in [6.07, 6.45) is 1.78. The van der Waals surface area contributed by atoms with Gasteiger partial charge in [0.2, 0.25) is 0 Å². The van der Waals surface area contributed by atoms with Crippen molar-refractivity contribution in [2.75, 3.05) is 44.2 Å². The Balaban J connectivity index is 1.78. The molecule has 2 heterocycles. The fourth-order valence-corrected chi connectivity index (χ4v) is 2.36. The van der Waals surface area contributed by atoms with Crippen molar-refractivity contribution in [2.45, 2.75) is 0 Å². The van der Waals surface area contributed by atoms with Gasteiger partial charge < -0.3 is 19.5 Å². The molecule has 0 saturated heterocycles. The van der Waals surface area contributed by atoms with Crippen LogP contribution in [0.1, 0.15) is 0 Å². The molecule has 21 heavy (non-hydrogen) atoms. The van der Waals surface area contributed by atoms with E-state index in [2.05, 4.69) is 10.3 Å². The van der Waals surface area contributed by atoms with E-state index in [1.165, 1.54) is 0 Å². The van der Waals surface area contributed by atoms with Crippen molar-refractivity contribution in [1.29, 1.82) is 0 Å². The largest absolute Gasteiger partial charge is 0.486 e. The summed E-state index contributed by atoms with van der Waals surface area (Å²) in [7, 11) is 0. The third-order valence-electron chi connectivity index (χ3n) is 3.19. The van der Waals surface area contributed by atoms with Crippen molar-refractivity contribution in [3.05, 3.63) is 24.4 Å². The maximum Gasteiger partial charge on any atom is 0.162 e. The van der Waals surface area contributed by atoms with E-state index in [9.17, 15) is 0 Å². The maximum absolute atomic E-state index is 5.62. The number of hydrogen-bond donors (Lipinski definition) is 1. The Labute approximate surface area is 128 Å². The van der Waals surface area contributed by atoms with Gasteiger partial charge >= 0.3 is 0 Å². The van der Waals surface area contributed by atoms with E-state index >= 15 is 0 Å². The van der Waals surface area contributed by atoms with Crippen LogP contribution in [0.4, 0.5) is 5.82 Å². The van der Waals surface area contributed by atoms with Crippen LogP contribution >= 0.6 is 11.6 Å². The van der Waals surface area contributed by atoms with E-state index in [1.54, 1.807) is 6.20 Å². The average molecular weight is 309 g/mol. The van der Waals surface area contributed by atoms with E-state index in [4.69, 9.17) is 25.8 Å². The Kier molecular flexibility index (Phi) is 4.62. The minimum atomic E-state index is 0.510. The maximum atomic E-state index is 5.62. The highest BCUT2D eigenvalue weighted by Crippen LogP contribution is 2.36. The molecule has 3 rings (SSSR count). The van der Waals surface area contributed by atoms with Gasteiger partial charge in [-0.3, -0.25) is 0 Å². The van der Waals surface area contributed by atoms with Crippen LogP contribution in [0.15, 0.2) is 24.4 Å². The van der Waals surface area contributed by atoms with Crippen molar-refractivity contribution in [3.63, 3.8) is 0 Å². The number of pyridine rings is 1. The lowest BCUT2D eigenvalue weighted by atomic mass is 10.1. The summed E-state index contributed by atoms with van der Waals surface area (Å²) in [5.41, 5.74) is 0. The number of nitrogens with zero attached hydrogens (tertiary/aromatic N) is 1. The van der Waals surface area contributed by atoms with Gasteiger partial charge in [-0.15, -0.1) is 11.6 Å². The van der Waals surface area contributed by atoms with Crippen molar-refractivity contribution < 1.29 is 14.2 Å². The van der Waals surface area contributed by atoms with Crippen molar-refractivity contribution in [1.82, 2.24) is 4.98 Å². The Morgan fingerprint density at radius 1 is 1.19 bits per heavy atom. The third kappa shape index (κ3) is 3.31. The molecule has 2 aromatic rings. The van der Waals surface area contributed by atoms with Crippen LogP contribution in [-0.4, -0.2) is 43.8 Å². The second kappa shape index (κ2) is 6.83. The van der Waals surface area contributed by atoms with Crippen LogP contribution in [0.3, 0.4) is 0 Å². The standard InChI is InChI=1S/C15H17ClN2O3/c16-2-5-19-6-4-18-15-12-10-14-13(20-7-8-21-14)9-11(12)1-3-17-15/h1,3,9-10H,2,4-8H2,(H,17,18). The number of ether oxygens (including phenoxy) is 3. The van der Waals surface area contributed by atoms with Crippen molar-refractivity contribution in [3.8, 4) is 11.5 Å². The lowest BCUT2D eigenvalue weighted by Gasteiger charge is -2.19. The zero-order valence-corrected chi connectivity index (χ0v) is 12.4. The second-order valence-corrected chi connectivity index (χ2v) is 4.98. The van der Waals surface area contributed by atoms with Gasteiger partial charge in [-0.05, 0) is 23.6 Å². The van der Waals surface area contributed by atoms with Gasteiger partial charge in [0.25, 0.3) is 0 Å². The molecule has 1 aromatic heterocycles. The smallest absolute Gasteiger partial charge is 0.162 e. The van der Waals surface area contributed by atoms with Gasteiger partial charge in [-0.2, -0.15) is 0 Å². The summed E-state index contributed by atoms with van der Waals surface area (Å²) >= 11 is 5.56. The fourth-order valence-electron chi connectivity index (χ4n) is 2.25. The summed E-state index contributed by atoms with van der Waals surface area (Å²) in [6.45, 7) is 3.00. The number of alkyl halides is 1. The average Bonchev–Trinajstić information content (AvgIpc) is 2.53. The molecule has 1 aliphatic rings. The van der Waals surface area contributed by atoms with E-state index < -0.39 is 0 Å². The topological polar surface area (TPSA) is 52.6 Å². The van der Waals surface area contributed by atoms with Crippen LogP contribution in [0, 0.1) is 0 Å². The first-order chi connectivity index (χ1) is 10.4. The van der Waals surface area contributed by atoms with Gasteiger partial charge in [0.15, 0.2) is 11.5 Å². The van der Waals surface area contributed by atoms with E-state index in [0.29, 0.717) is 38.9 Å². The van der Waals surface area contributed by atoms with Gasteiger partial charge in [0.05, 0.1) is 13.2 Å². The summed E-state index contributed by atoms with van der Waals surface area (Å²) < 4.78 is 16.6. The monoisotopic (exact) mass is 308 g/mol. The number of hydrogen-bond acceptors (Lipinski definition) is 5. The summed E-state index contributed by atoms with van der Waals surface area (Å²) in [5.74, 6) is 2.88.